The molecule has 1 saturated carbocycles. The van der Waals surface area contributed by atoms with Crippen molar-refractivity contribution in [1.82, 2.24) is 14.8 Å². The lowest BCUT2D eigenvalue weighted by atomic mass is 9.89. The molecule has 0 saturated heterocycles. The topological polar surface area (TPSA) is 66.8 Å². The van der Waals surface area contributed by atoms with E-state index < -0.39 is 0 Å². The number of carbonyl (C=O) groups excluding carboxylic acids is 1. The van der Waals surface area contributed by atoms with E-state index in [4.69, 9.17) is 16.3 Å². The summed E-state index contributed by atoms with van der Waals surface area (Å²) in [6, 6.07) is 6.35. The minimum atomic E-state index is -0.240. The fourth-order valence-corrected chi connectivity index (χ4v) is 5.81. The predicted octanol–water partition coefficient (Wildman–Crippen LogP) is 4.14. The van der Waals surface area contributed by atoms with Gasteiger partial charge in [-0.1, -0.05) is 11.6 Å². The second-order valence-electron chi connectivity index (χ2n) is 9.93. The summed E-state index contributed by atoms with van der Waals surface area (Å²) in [5.41, 5.74) is 3.69. The molecule has 0 atom stereocenters. The summed E-state index contributed by atoms with van der Waals surface area (Å²) in [7, 11) is 4.31. The Kier molecular flexibility index (Phi) is 7.77. The van der Waals surface area contributed by atoms with Gasteiger partial charge in [-0.2, -0.15) is 0 Å². The van der Waals surface area contributed by atoms with Crippen LogP contribution in [0.3, 0.4) is 0 Å². The Balaban J connectivity index is 1.55. The van der Waals surface area contributed by atoms with Gasteiger partial charge in [0.15, 0.2) is 5.43 Å². The van der Waals surface area contributed by atoms with Gasteiger partial charge in [-0.25, -0.2) is 0 Å². The number of hydrogen-bond donors (Lipinski definition) is 1. The number of benzene rings is 1. The number of nitrogens with one attached hydrogen (secondary N) is 1. The number of carbonyl (C=O) groups is 1. The highest BCUT2D eigenvalue weighted by molar-refractivity contribution is 6.31. The maximum Gasteiger partial charge on any atom is 0.251 e. The summed E-state index contributed by atoms with van der Waals surface area (Å²) in [5.74, 6) is 0.319. The van der Waals surface area contributed by atoms with E-state index in [9.17, 15) is 9.59 Å². The van der Waals surface area contributed by atoms with E-state index in [1.54, 1.807) is 12.1 Å². The average Bonchev–Trinajstić information content (AvgIpc) is 3.32. The number of aromatic nitrogens is 1. The Morgan fingerprint density at radius 3 is 2.49 bits per heavy atom. The largest absolute Gasteiger partial charge is 0.477 e. The lowest BCUT2D eigenvalue weighted by Gasteiger charge is -2.40. The molecule has 0 unspecified atom stereocenters. The van der Waals surface area contributed by atoms with Crippen LogP contribution in [-0.4, -0.2) is 54.7 Å². The predicted molar refractivity (Wildman–Crippen MR) is 141 cm³/mol. The fraction of sp³-hybridized carbons (Fsp3) is 0.556. The number of anilines is 1. The van der Waals surface area contributed by atoms with Crippen molar-refractivity contribution in [3.63, 3.8) is 0 Å². The molecule has 1 amide bonds. The van der Waals surface area contributed by atoms with Crippen molar-refractivity contribution in [2.75, 3.05) is 32.1 Å². The van der Waals surface area contributed by atoms with Gasteiger partial charge in [-0.3, -0.25) is 9.59 Å². The zero-order valence-corrected chi connectivity index (χ0v) is 22.2. The molecule has 1 aliphatic heterocycles. The summed E-state index contributed by atoms with van der Waals surface area (Å²) in [6.07, 6.45) is 4.57. The number of amides is 1. The van der Waals surface area contributed by atoms with Gasteiger partial charge in [0, 0.05) is 46.7 Å². The average molecular weight is 501 g/mol. The molecule has 2 heterocycles. The van der Waals surface area contributed by atoms with Crippen LogP contribution in [0.4, 0.5) is 5.69 Å². The zero-order chi connectivity index (χ0) is 25.3. The monoisotopic (exact) mass is 500 g/mol. The van der Waals surface area contributed by atoms with Crippen LogP contribution in [0.25, 0.3) is 0 Å². The van der Waals surface area contributed by atoms with Crippen molar-refractivity contribution in [1.29, 1.82) is 0 Å². The Morgan fingerprint density at radius 1 is 1.14 bits per heavy atom. The van der Waals surface area contributed by atoms with Gasteiger partial charge >= 0.3 is 0 Å². The summed E-state index contributed by atoms with van der Waals surface area (Å²) in [4.78, 5) is 30.6. The van der Waals surface area contributed by atoms with E-state index in [2.05, 4.69) is 36.1 Å². The Bertz CT molecular complexity index is 1150. The molecule has 35 heavy (non-hydrogen) atoms. The molecule has 0 bridgehead atoms. The molecule has 190 valence electrons. The van der Waals surface area contributed by atoms with Crippen LogP contribution in [0.1, 0.15) is 59.8 Å². The summed E-state index contributed by atoms with van der Waals surface area (Å²) < 4.78 is 7.69. The van der Waals surface area contributed by atoms with E-state index in [0.717, 1.165) is 36.3 Å². The smallest absolute Gasteiger partial charge is 0.251 e. The molecule has 1 aliphatic carbocycles. The van der Waals surface area contributed by atoms with Crippen LogP contribution in [-0.2, 0) is 13.1 Å². The number of ether oxygens (including phenoxy) is 1. The minimum Gasteiger partial charge on any atom is -0.477 e. The van der Waals surface area contributed by atoms with Gasteiger partial charge in [0.1, 0.15) is 6.61 Å². The first-order valence-electron chi connectivity index (χ1n) is 12.6. The van der Waals surface area contributed by atoms with Gasteiger partial charge in [-0.15, -0.1) is 0 Å². The highest BCUT2D eigenvalue weighted by Gasteiger charge is 2.28. The minimum absolute atomic E-state index is 0.112. The van der Waals surface area contributed by atoms with Crippen LogP contribution < -0.4 is 20.4 Å². The van der Waals surface area contributed by atoms with Gasteiger partial charge in [0.05, 0.1) is 18.7 Å². The zero-order valence-electron chi connectivity index (χ0n) is 21.5. The van der Waals surface area contributed by atoms with Crippen LogP contribution in [0.15, 0.2) is 23.0 Å². The number of pyridine rings is 1. The third kappa shape index (κ3) is 5.21. The highest BCUT2D eigenvalue weighted by atomic mass is 35.5. The van der Waals surface area contributed by atoms with Crippen molar-refractivity contribution in [2.45, 2.75) is 71.6 Å². The molecule has 1 fully saturated rings. The van der Waals surface area contributed by atoms with Gasteiger partial charge in [0.25, 0.3) is 5.91 Å². The quantitative estimate of drug-likeness (QED) is 0.619. The number of hydrogen-bond acceptors (Lipinski definition) is 5. The van der Waals surface area contributed by atoms with E-state index in [-0.39, 0.29) is 17.9 Å². The molecule has 4 rings (SSSR count). The summed E-state index contributed by atoms with van der Waals surface area (Å²) in [5, 5.41) is 3.48. The van der Waals surface area contributed by atoms with Crippen LogP contribution in [0, 0.1) is 13.8 Å². The molecule has 7 nitrogen and oxygen atoms in total. The molecule has 1 aromatic heterocycles. The van der Waals surface area contributed by atoms with Crippen molar-refractivity contribution >= 4 is 23.2 Å². The molecule has 2 aliphatic rings. The normalized spacial score (nSPS) is 19.4. The van der Waals surface area contributed by atoms with E-state index >= 15 is 0 Å². The number of fused-ring (bicyclic) bond motifs is 1. The second kappa shape index (κ2) is 10.6. The van der Waals surface area contributed by atoms with Crippen molar-refractivity contribution in [3.8, 4) is 5.88 Å². The molecule has 0 radical (unpaired) electrons. The van der Waals surface area contributed by atoms with Gasteiger partial charge in [-0.05, 0) is 78.2 Å². The molecule has 0 spiro atoms. The lowest BCUT2D eigenvalue weighted by Crippen LogP contribution is -2.42. The molecule has 2 aromatic rings. The first-order chi connectivity index (χ1) is 16.7. The van der Waals surface area contributed by atoms with Gasteiger partial charge in [0.2, 0.25) is 5.88 Å². The molecule has 8 heteroatoms. The third-order valence-corrected chi connectivity index (χ3v) is 7.84. The molecule has 1 N–H and O–H groups in total. The van der Waals surface area contributed by atoms with Crippen LogP contribution in [0.2, 0.25) is 5.02 Å². The summed E-state index contributed by atoms with van der Waals surface area (Å²) in [6.45, 7) is 8.24. The van der Waals surface area contributed by atoms with Crippen LogP contribution >= 0.6 is 11.6 Å². The SMILES string of the molecule is CCN(c1cc(Cl)cc(C(=O)NCc2c3n(c(C)cc2=O)CCO3)c1C)[C@H]1CC[C@H](N(C)C)CC1. The molecular formula is C27H37ClN4O3. The number of halogens is 1. The van der Waals surface area contributed by atoms with Crippen molar-refractivity contribution < 1.29 is 9.53 Å². The Morgan fingerprint density at radius 2 is 1.83 bits per heavy atom. The Hall–Kier alpha value is -2.51. The van der Waals surface area contributed by atoms with Gasteiger partial charge < -0.3 is 24.4 Å². The molecule has 1 aromatic carbocycles. The first kappa shape index (κ1) is 25.6. The van der Waals surface area contributed by atoms with E-state index in [1.165, 1.54) is 12.8 Å². The second-order valence-corrected chi connectivity index (χ2v) is 10.4. The fourth-order valence-electron chi connectivity index (χ4n) is 5.60. The Labute approximate surface area is 213 Å². The van der Waals surface area contributed by atoms with E-state index in [1.807, 2.05) is 24.5 Å². The number of rotatable bonds is 7. The first-order valence-corrected chi connectivity index (χ1v) is 13.0. The highest BCUT2D eigenvalue weighted by Crippen LogP contribution is 2.34. The third-order valence-electron chi connectivity index (χ3n) is 7.62. The summed E-state index contributed by atoms with van der Waals surface area (Å²) >= 11 is 6.52. The maximum atomic E-state index is 13.3. The van der Waals surface area contributed by atoms with Crippen molar-refractivity contribution in [2.24, 2.45) is 0 Å². The molecular weight excluding hydrogens is 464 g/mol. The van der Waals surface area contributed by atoms with Crippen molar-refractivity contribution in [3.05, 3.63) is 55.8 Å². The lowest BCUT2D eigenvalue weighted by molar-refractivity contribution is 0.0950. The number of nitrogens with zero attached hydrogens (tertiary/aromatic N) is 3. The standard InChI is InChI=1S/C27H37ClN4O3/c1-6-31(21-9-7-20(8-10-21)30(4)5)24-15-19(28)14-22(18(24)3)26(34)29-16-23-25(33)13-17(2)32-11-12-35-27(23)32/h13-15,20-21H,6-12,16H2,1-5H3,(H,29,34)/t20-,21-. The maximum absolute atomic E-state index is 13.3. The van der Waals surface area contributed by atoms with E-state index in [0.29, 0.717) is 47.3 Å². The van der Waals surface area contributed by atoms with Crippen LogP contribution in [0.5, 0.6) is 5.88 Å². The number of aryl methyl sites for hydroxylation is 1.